The Hall–Kier alpha value is -1.88. The number of likely N-dealkylation sites (tertiary alicyclic amines) is 1. The van der Waals surface area contributed by atoms with Gasteiger partial charge in [0.05, 0.1) is 6.61 Å². The van der Waals surface area contributed by atoms with Gasteiger partial charge in [0.1, 0.15) is 0 Å². The number of carbonyl (C=O) groups is 1. The molecule has 4 nitrogen and oxygen atoms in total. The Morgan fingerprint density at radius 3 is 2.07 bits per heavy atom. The van der Waals surface area contributed by atoms with Gasteiger partial charge < -0.3 is 14.4 Å². The lowest BCUT2D eigenvalue weighted by atomic mass is 9.86. The van der Waals surface area contributed by atoms with Crippen LogP contribution in [0.5, 0.6) is 0 Å². The van der Waals surface area contributed by atoms with E-state index in [1.165, 1.54) is 12.8 Å². The molecular weight excluding hydrogens is 362 g/mol. The number of hydrogen-bond acceptors (Lipinski definition) is 4. The summed E-state index contributed by atoms with van der Waals surface area (Å²) >= 11 is 0. The standard InChI is InChI=1S/C22H27NO3.ClH/c1-23-16-9-14-20(23)15-17-26-21(24)22(25-2,18-10-5-3-6-11-18)19-12-7-4-8-13-19;/h3-8,10-13,20H,9,14-17H2,1-2H3;1H. The van der Waals surface area contributed by atoms with Crippen molar-refractivity contribution < 1.29 is 14.3 Å². The van der Waals surface area contributed by atoms with Gasteiger partial charge in [0.15, 0.2) is 0 Å². The normalized spacial score (nSPS) is 17.3. The maximum Gasteiger partial charge on any atom is 0.347 e. The summed E-state index contributed by atoms with van der Waals surface area (Å²) in [6, 6.07) is 19.6. The van der Waals surface area contributed by atoms with Crippen LogP contribution in [0.2, 0.25) is 0 Å². The van der Waals surface area contributed by atoms with Crippen LogP contribution in [0.25, 0.3) is 0 Å². The first kappa shape index (κ1) is 21.4. The molecule has 0 aliphatic carbocycles. The third kappa shape index (κ3) is 4.52. The van der Waals surface area contributed by atoms with Crippen LogP contribution >= 0.6 is 12.4 Å². The zero-order valence-electron chi connectivity index (χ0n) is 16.0. The molecule has 1 heterocycles. The molecule has 1 fully saturated rings. The highest BCUT2D eigenvalue weighted by molar-refractivity contribution is 5.86. The molecule has 1 aliphatic heterocycles. The fourth-order valence-electron chi connectivity index (χ4n) is 3.80. The van der Waals surface area contributed by atoms with E-state index < -0.39 is 5.60 Å². The molecule has 0 aromatic heterocycles. The van der Waals surface area contributed by atoms with E-state index in [9.17, 15) is 4.79 Å². The lowest BCUT2D eigenvalue weighted by molar-refractivity contribution is -0.165. The summed E-state index contributed by atoms with van der Waals surface area (Å²) < 4.78 is 11.6. The maximum atomic E-state index is 13.2. The monoisotopic (exact) mass is 389 g/mol. The Labute approximate surface area is 167 Å². The number of carbonyl (C=O) groups excluding carboxylic acids is 1. The Morgan fingerprint density at radius 2 is 1.63 bits per heavy atom. The van der Waals surface area contributed by atoms with Crippen LogP contribution < -0.4 is 0 Å². The van der Waals surface area contributed by atoms with Crippen molar-refractivity contribution >= 4 is 18.4 Å². The minimum atomic E-state index is -1.25. The summed E-state index contributed by atoms with van der Waals surface area (Å²) in [5.41, 5.74) is 0.303. The van der Waals surface area contributed by atoms with Crippen LogP contribution in [0.3, 0.4) is 0 Å². The lowest BCUT2D eigenvalue weighted by Crippen LogP contribution is -2.41. The fraction of sp³-hybridized carbons (Fsp3) is 0.409. The summed E-state index contributed by atoms with van der Waals surface area (Å²) in [5, 5.41) is 0. The zero-order valence-corrected chi connectivity index (χ0v) is 16.8. The van der Waals surface area contributed by atoms with Gasteiger partial charge in [-0.25, -0.2) is 4.79 Å². The van der Waals surface area contributed by atoms with E-state index in [-0.39, 0.29) is 18.4 Å². The van der Waals surface area contributed by atoms with Crippen molar-refractivity contribution in [3.8, 4) is 0 Å². The minimum absolute atomic E-state index is 0. The summed E-state index contributed by atoms with van der Waals surface area (Å²) in [7, 11) is 3.69. The summed E-state index contributed by atoms with van der Waals surface area (Å²) in [6.07, 6.45) is 3.23. The molecule has 1 atom stereocenters. The molecule has 2 aromatic carbocycles. The predicted molar refractivity (Wildman–Crippen MR) is 109 cm³/mol. The highest BCUT2D eigenvalue weighted by Crippen LogP contribution is 2.34. The molecule has 27 heavy (non-hydrogen) atoms. The van der Waals surface area contributed by atoms with E-state index in [0.717, 1.165) is 24.1 Å². The van der Waals surface area contributed by atoms with Crippen LogP contribution in [-0.4, -0.2) is 44.2 Å². The topological polar surface area (TPSA) is 38.8 Å². The molecule has 0 spiro atoms. The number of hydrogen-bond donors (Lipinski definition) is 0. The van der Waals surface area contributed by atoms with Crippen LogP contribution in [0.1, 0.15) is 30.4 Å². The Morgan fingerprint density at radius 1 is 1.07 bits per heavy atom. The van der Waals surface area contributed by atoms with Crippen LogP contribution in [0.15, 0.2) is 60.7 Å². The van der Waals surface area contributed by atoms with E-state index in [1.807, 2.05) is 60.7 Å². The number of nitrogens with zero attached hydrogens (tertiary/aromatic N) is 1. The van der Waals surface area contributed by atoms with E-state index in [0.29, 0.717) is 12.6 Å². The molecule has 1 unspecified atom stereocenters. The van der Waals surface area contributed by atoms with E-state index in [2.05, 4.69) is 11.9 Å². The first-order valence-electron chi connectivity index (χ1n) is 9.22. The van der Waals surface area contributed by atoms with Crippen LogP contribution in [0, 0.1) is 0 Å². The third-order valence-corrected chi connectivity index (χ3v) is 5.31. The van der Waals surface area contributed by atoms with Gasteiger partial charge in [0, 0.05) is 13.2 Å². The van der Waals surface area contributed by atoms with Gasteiger partial charge in [0.2, 0.25) is 5.60 Å². The van der Waals surface area contributed by atoms with E-state index in [1.54, 1.807) is 7.11 Å². The summed E-state index contributed by atoms with van der Waals surface area (Å²) in [4.78, 5) is 15.5. The first-order valence-corrected chi connectivity index (χ1v) is 9.22. The second-order valence-corrected chi connectivity index (χ2v) is 6.82. The number of ether oxygens (including phenoxy) is 2. The van der Waals surface area contributed by atoms with Crippen molar-refractivity contribution in [2.24, 2.45) is 0 Å². The number of benzene rings is 2. The lowest BCUT2D eigenvalue weighted by Gasteiger charge is -2.31. The van der Waals surface area contributed by atoms with Crippen LogP contribution in [0.4, 0.5) is 0 Å². The molecule has 1 saturated heterocycles. The van der Waals surface area contributed by atoms with Gasteiger partial charge in [-0.2, -0.15) is 0 Å². The number of halogens is 1. The molecule has 0 saturated carbocycles. The number of methoxy groups -OCH3 is 1. The Bertz CT molecular complexity index is 669. The molecule has 1 aliphatic rings. The van der Waals surface area contributed by atoms with Gasteiger partial charge in [-0.1, -0.05) is 60.7 Å². The van der Waals surface area contributed by atoms with Crippen molar-refractivity contribution in [1.82, 2.24) is 4.90 Å². The van der Waals surface area contributed by atoms with Crippen molar-refractivity contribution in [2.45, 2.75) is 30.9 Å². The predicted octanol–water partition coefficient (Wildman–Crippen LogP) is 4.03. The van der Waals surface area contributed by atoms with Gasteiger partial charge in [-0.05, 0) is 44.0 Å². The van der Waals surface area contributed by atoms with Crippen molar-refractivity contribution in [3.05, 3.63) is 71.8 Å². The molecular formula is C22H28ClNO3. The highest BCUT2D eigenvalue weighted by Gasteiger charge is 2.44. The average Bonchev–Trinajstić information content (AvgIpc) is 3.09. The van der Waals surface area contributed by atoms with Gasteiger partial charge in [-0.15, -0.1) is 12.4 Å². The van der Waals surface area contributed by atoms with Gasteiger partial charge >= 0.3 is 5.97 Å². The molecule has 0 amide bonds. The van der Waals surface area contributed by atoms with Crippen molar-refractivity contribution in [2.75, 3.05) is 27.3 Å². The van der Waals surface area contributed by atoms with Gasteiger partial charge in [0.25, 0.3) is 0 Å². The van der Waals surface area contributed by atoms with Crippen molar-refractivity contribution in [3.63, 3.8) is 0 Å². The van der Waals surface area contributed by atoms with E-state index >= 15 is 0 Å². The summed E-state index contributed by atoms with van der Waals surface area (Å²) in [5.74, 6) is -0.363. The van der Waals surface area contributed by atoms with E-state index in [4.69, 9.17) is 9.47 Å². The third-order valence-electron chi connectivity index (χ3n) is 5.31. The molecule has 5 heteroatoms. The van der Waals surface area contributed by atoms with Gasteiger partial charge in [-0.3, -0.25) is 0 Å². The number of esters is 1. The smallest absolute Gasteiger partial charge is 0.347 e. The second-order valence-electron chi connectivity index (χ2n) is 6.82. The molecule has 3 rings (SSSR count). The Balaban J connectivity index is 0.00000261. The highest BCUT2D eigenvalue weighted by atomic mass is 35.5. The first-order chi connectivity index (χ1) is 12.7. The Kier molecular flexibility index (Phi) is 7.84. The maximum absolute atomic E-state index is 13.2. The molecule has 2 aromatic rings. The molecule has 146 valence electrons. The minimum Gasteiger partial charge on any atom is -0.463 e. The number of rotatable bonds is 7. The zero-order chi connectivity index (χ0) is 18.4. The second kappa shape index (κ2) is 9.88. The van der Waals surface area contributed by atoms with Crippen LogP contribution in [-0.2, 0) is 19.9 Å². The SMILES string of the molecule is COC(C(=O)OCCC1CCCN1C)(c1ccccc1)c1ccccc1.Cl. The molecule has 0 N–H and O–H groups in total. The molecule has 0 bridgehead atoms. The average molecular weight is 390 g/mol. The summed E-state index contributed by atoms with van der Waals surface area (Å²) in [6.45, 7) is 1.52. The quantitative estimate of drug-likeness (QED) is 0.670. The van der Waals surface area contributed by atoms with Crippen molar-refractivity contribution in [1.29, 1.82) is 0 Å². The largest absolute Gasteiger partial charge is 0.463 e. The fourth-order valence-corrected chi connectivity index (χ4v) is 3.80. The molecule has 0 radical (unpaired) electrons.